The summed E-state index contributed by atoms with van der Waals surface area (Å²) in [5.41, 5.74) is 2.75. The number of nitrogens with zero attached hydrogens (tertiary/aromatic N) is 4. The Balaban J connectivity index is 0.00000145. The van der Waals surface area contributed by atoms with Crippen LogP contribution in [0.1, 0.15) is 65.2 Å². The van der Waals surface area contributed by atoms with Crippen molar-refractivity contribution in [1.29, 1.82) is 0 Å². The molecular weight excluding hydrogens is 364 g/mol. The highest BCUT2D eigenvalue weighted by molar-refractivity contribution is 5.97. The molecule has 0 aliphatic carbocycles. The molecule has 29 heavy (non-hydrogen) atoms. The van der Waals surface area contributed by atoms with Gasteiger partial charge < -0.3 is 0 Å². The van der Waals surface area contributed by atoms with Crippen LogP contribution in [0.25, 0.3) is 0 Å². The van der Waals surface area contributed by atoms with Gasteiger partial charge in [0.25, 0.3) is 0 Å². The van der Waals surface area contributed by atoms with E-state index < -0.39 is 0 Å². The van der Waals surface area contributed by atoms with E-state index in [2.05, 4.69) is 15.1 Å². The van der Waals surface area contributed by atoms with Gasteiger partial charge in [-0.3, -0.25) is 24.2 Å². The number of carbonyl (C=O) groups excluding carboxylic acids is 2. The molecule has 3 heterocycles. The maximum atomic E-state index is 12.6. The number of pyridine rings is 2. The molecule has 0 aromatic carbocycles. The molecular formula is C23H28N4O2. The number of aryl methyl sites for hydroxylation is 3. The summed E-state index contributed by atoms with van der Waals surface area (Å²) in [6.07, 6.45) is 8.64. The number of ketones is 2. The first-order valence-electron chi connectivity index (χ1n) is 10.0. The van der Waals surface area contributed by atoms with Crippen molar-refractivity contribution >= 4 is 11.6 Å². The Morgan fingerprint density at radius 2 is 1.55 bits per heavy atom. The van der Waals surface area contributed by atoms with Crippen molar-refractivity contribution in [1.82, 2.24) is 19.7 Å². The Bertz CT molecular complexity index is 920. The summed E-state index contributed by atoms with van der Waals surface area (Å²) in [6.45, 7) is 6.56. The van der Waals surface area contributed by atoms with Crippen LogP contribution in [0.4, 0.5) is 0 Å². The number of rotatable bonds is 9. The molecule has 6 nitrogen and oxygen atoms in total. The number of carbonyl (C=O) groups is 2. The molecule has 0 N–H and O–H groups in total. The first-order valence-corrected chi connectivity index (χ1v) is 10.0. The van der Waals surface area contributed by atoms with Gasteiger partial charge in [-0.05, 0) is 49.1 Å². The van der Waals surface area contributed by atoms with Gasteiger partial charge in [0.2, 0.25) is 0 Å². The van der Waals surface area contributed by atoms with E-state index >= 15 is 0 Å². The van der Waals surface area contributed by atoms with Gasteiger partial charge in [-0.2, -0.15) is 5.10 Å². The van der Waals surface area contributed by atoms with Crippen LogP contribution in [0, 0.1) is 6.92 Å². The lowest BCUT2D eigenvalue weighted by molar-refractivity contribution is 0.0951. The Morgan fingerprint density at radius 1 is 0.897 bits per heavy atom. The van der Waals surface area contributed by atoms with Crippen molar-refractivity contribution in [3.63, 3.8) is 0 Å². The average molecular weight is 393 g/mol. The molecule has 0 aliphatic heterocycles. The summed E-state index contributed by atoms with van der Waals surface area (Å²) < 4.78 is 1.83. The summed E-state index contributed by atoms with van der Waals surface area (Å²) in [4.78, 5) is 33.3. The predicted octanol–water partition coefficient (Wildman–Crippen LogP) is 4.49. The monoisotopic (exact) mass is 392 g/mol. The largest absolute Gasteiger partial charge is 0.292 e. The molecule has 0 bridgehead atoms. The van der Waals surface area contributed by atoms with Crippen molar-refractivity contribution in [2.75, 3.05) is 0 Å². The number of Topliss-reactive ketones (excluding diaryl/α,β-unsaturated/α-hetero) is 2. The lowest BCUT2D eigenvalue weighted by Crippen LogP contribution is -2.11. The lowest BCUT2D eigenvalue weighted by atomic mass is 10.0. The maximum Gasteiger partial charge on any atom is 0.181 e. The second-order valence-corrected chi connectivity index (χ2v) is 6.40. The summed E-state index contributed by atoms with van der Waals surface area (Å²) in [7, 11) is 0. The van der Waals surface area contributed by atoms with Crippen molar-refractivity contribution in [3.8, 4) is 0 Å². The van der Waals surface area contributed by atoms with Crippen LogP contribution in [-0.4, -0.2) is 31.3 Å². The van der Waals surface area contributed by atoms with E-state index in [-0.39, 0.29) is 11.6 Å². The molecule has 0 saturated heterocycles. The second-order valence-electron chi connectivity index (χ2n) is 6.40. The first kappa shape index (κ1) is 22.1. The zero-order valence-corrected chi connectivity index (χ0v) is 17.3. The zero-order valence-electron chi connectivity index (χ0n) is 17.3. The molecule has 0 fully saturated rings. The van der Waals surface area contributed by atoms with Crippen LogP contribution < -0.4 is 0 Å². The highest BCUT2D eigenvalue weighted by Crippen LogP contribution is 2.14. The van der Waals surface area contributed by atoms with E-state index in [0.717, 1.165) is 11.1 Å². The van der Waals surface area contributed by atoms with Crippen LogP contribution in [0.5, 0.6) is 0 Å². The van der Waals surface area contributed by atoms with Crippen LogP contribution in [0.2, 0.25) is 0 Å². The van der Waals surface area contributed by atoms with Gasteiger partial charge in [-0.15, -0.1) is 0 Å². The molecule has 0 unspecified atom stereocenters. The smallest absolute Gasteiger partial charge is 0.181 e. The zero-order chi connectivity index (χ0) is 21.1. The minimum Gasteiger partial charge on any atom is -0.292 e. The number of hydrogen-bond acceptors (Lipinski definition) is 5. The van der Waals surface area contributed by atoms with Crippen LogP contribution in [-0.2, 0) is 13.0 Å². The van der Waals surface area contributed by atoms with Gasteiger partial charge in [0.15, 0.2) is 11.6 Å². The second kappa shape index (κ2) is 11.6. The van der Waals surface area contributed by atoms with Gasteiger partial charge in [0.1, 0.15) is 11.4 Å². The lowest BCUT2D eigenvalue weighted by Gasteiger charge is -2.08. The third-order valence-electron chi connectivity index (χ3n) is 4.41. The maximum absolute atomic E-state index is 12.6. The van der Waals surface area contributed by atoms with Crippen molar-refractivity contribution < 1.29 is 9.59 Å². The normalized spacial score (nSPS) is 10.2. The molecule has 0 atom stereocenters. The standard InChI is InChI=1S/C21H22N4O2.C2H6/c1-16-6-3-11-22-20(16)18(26)8-2-9-19(27)21-17(7-4-12-23-21)10-15-25-14-5-13-24-25;1-2/h3-7,11-14H,2,8-10,15H2,1H3;1-2H3. The predicted molar refractivity (Wildman–Crippen MR) is 113 cm³/mol. The van der Waals surface area contributed by atoms with E-state index in [0.29, 0.717) is 43.6 Å². The van der Waals surface area contributed by atoms with E-state index in [1.807, 2.05) is 62.0 Å². The van der Waals surface area contributed by atoms with E-state index in [1.54, 1.807) is 18.6 Å². The molecule has 6 heteroatoms. The molecule has 0 spiro atoms. The fraction of sp³-hybridized carbons (Fsp3) is 0.348. The van der Waals surface area contributed by atoms with Crippen LogP contribution >= 0.6 is 0 Å². The highest BCUT2D eigenvalue weighted by Gasteiger charge is 2.15. The summed E-state index contributed by atoms with van der Waals surface area (Å²) in [5, 5.41) is 4.18. The molecule has 3 aromatic heterocycles. The molecule has 152 valence electrons. The van der Waals surface area contributed by atoms with Crippen molar-refractivity contribution in [2.45, 2.75) is 53.0 Å². The highest BCUT2D eigenvalue weighted by atomic mass is 16.1. The van der Waals surface area contributed by atoms with Crippen molar-refractivity contribution in [2.24, 2.45) is 0 Å². The van der Waals surface area contributed by atoms with Gasteiger partial charge in [0, 0.05) is 44.2 Å². The Kier molecular flexibility index (Phi) is 8.89. The third-order valence-corrected chi connectivity index (χ3v) is 4.41. The van der Waals surface area contributed by atoms with Gasteiger partial charge >= 0.3 is 0 Å². The van der Waals surface area contributed by atoms with Gasteiger partial charge in [-0.25, -0.2) is 0 Å². The number of aromatic nitrogens is 4. The molecule has 3 aromatic rings. The third kappa shape index (κ3) is 6.45. The topological polar surface area (TPSA) is 77.7 Å². The fourth-order valence-electron chi connectivity index (χ4n) is 2.98. The molecule has 0 amide bonds. The fourth-order valence-corrected chi connectivity index (χ4v) is 2.98. The van der Waals surface area contributed by atoms with Crippen LogP contribution in [0.15, 0.2) is 55.1 Å². The van der Waals surface area contributed by atoms with E-state index in [1.165, 1.54) is 0 Å². The average Bonchev–Trinajstić information content (AvgIpc) is 3.28. The summed E-state index contributed by atoms with van der Waals surface area (Å²) in [5.74, 6) is -0.0579. The molecule has 3 rings (SSSR count). The molecule has 0 radical (unpaired) electrons. The van der Waals surface area contributed by atoms with E-state index in [4.69, 9.17) is 0 Å². The summed E-state index contributed by atoms with van der Waals surface area (Å²) >= 11 is 0. The quantitative estimate of drug-likeness (QED) is 0.502. The first-order chi connectivity index (χ1) is 14.1. The van der Waals surface area contributed by atoms with Gasteiger partial charge in [0.05, 0.1) is 0 Å². The minimum atomic E-state index is -0.0309. The molecule has 0 saturated carbocycles. The van der Waals surface area contributed by atoms with E-state index in [9.17, 15) is 9.59 Å². The minimum absolute atomic E-state index is 0.0270. The Hall–Kier alpha value is -3.15. The summed E-state index contributed by atoms with van der Waals surface area (Å²) in [6, 6.07) is 9.30. The molecule has 0 aliphatic rings. The SMILES string of the molecule is CC.Cc1cccnc1C(=O)CCCC(=O)c1ncccc1CCn1cccn1. The number of hydrogen-bond donors (Lipinski definition) is 0. The van der Waals surface area contributed by atoms with Crippen LogP contribution in [0.3, 0.4) is 0 Å². The van der Waals surface area contributed by atoms with Crippen molar-refractivity contribution in [3.05, 3.63) is 77.6 Å². The Labute approximate surface area is 172 Å². The van der Waals surface area contributed by atoms with Gasteiger partial charge in [-0.1, -0.05) is 26.0 Å². The Morgan fingerprint density at radius 3 is 2.21 bits per heavy atom.